The molecule has 34 heavy (non-hydrogen) atoms. The van der Waals surface area contributed by atoms with Gasteiger partial charge in [0.15, 0.2) is 5.49 Å². The third kappa shape index (κ3) is 4.48. The van der Waals surface area contributed by atoms with Crippen molar-refractivity contribution < 1.29 is 19.1 Å². The summed E-state index contributed by atoms with van der Waals surface area (Å²) < 4.78 is 13.4. The normalized spacial score (nSPS) is 11.8. The fourth-order valence-electron chi connectivity index (χ4n) is 3.50. The molecule has 0 spiro atoms. The maximum absolute atomic E-state index is 13.2. The predicted octanol–water partition coefficient (Wildman–Crippen LogP) is 2.87. The molecular weight excluding hydrogens is 460 g/mol. The van der Waals surface area contributed by atoms with Crippen LogP contribution in [0.25, 0.3) is 16.7 Å². The summed E-state index contributed by atoms with van der Waals surface area (Å²) in [6.45, 7) is 2.17. The van der Waals surface area contributed by atoms with Crippen LogP contribution in [0, 0.1) is 0 Å². The molecule has 0 unspecified atom stereocenters. The van der Waals surface area contributed by atoms with Gasteiger partial charge in [0.2, 0.25) is 0 Å². The van der Waals surface area contributed by atoms with Gasteiger partial charge in [-0.3, -0.25) is 14.0 Å². The molecule has 9 nitrogen and oxygen atoms in total. The van der Waals surface area contributed by atoms with Crippen LogP contribution in [-0.4, -0.2) is 46.2 Å². The van der Waals surface area contributed by atoms with Gasteiger partial charge < -0.3 is 14.0 Å². The van der Waals surface area contributed by atoms with Crippen LogP contribution in [0.1, 0.15) is 27.6 Å². The summed E-state index contributed by atoms with van der Waals surface area (Å²) in [4.78, 5) is 48.0. The van der Waals surface area contributed by atoms with Crippen LogP contribution < -0.4 is 11.0 Å². The molecule has 0 aliphatic heterocycles. The van der Waals surface area contributed by atoms with Gasteiger partial charge in [0.05, 0.1) is 18.6 Å². The van der Waals surface area contributed by atoms with Crippen molar-refractivity contribution >= 4 is 40.2 Å². The highest BCUT2D eigenvalue weighted by Crippen LogP contribution is 2.13. The van der Waals surface area contributed by atoms with Gasteiger partial charge in [-0.2, -0.15) is 4.99 Å². The largest absolute Gasteiger partial charge is 0.462 e. The lowest BCUT2D eigenvalue weighted by atomic mass is 10.2. The number of hydrogen-bond acceptors (Lipinski definition) is 6. The maximum Gasteiger partial charge on any atom is 0.341 e. The van der Waals surface area contributed by atoms with Gasteiger partial charge in [-0.25, -0.2) is 9.78 Å². The molecule has 0 saturated heterocycles. The van der Waals surface area contributed by atoms with E-state index in [1.54, 1.807) is 43.5 Å². The third-order valence-electron chi connectivity index (χ3n) is 5.10. The zero-order chi connectivity index (χ0) is 24.2. The van der Waals surface area contributed by atoms with E-state index in [1.165, 1.54) is 34.3 Å². The zero-order valence-electron chi connectivity index (χ0n) is 18.5. The standard InChI is InChI=1S/C24H21ClN4O5/c1-3-34-24(32)18-14-17-20(26-19-6-4-5-11-28(19)23(17)31)29(12-13-33-2)21(18)27-22(30)15-7-9-16(25)10-8-15/h4-11,14H,3,12-13H2,1-2H3. The van der Waals surface area contributed by atoms with E-state index >= 15 is 0 Å². The molecule has 0 aliphatic rings. The van der Waals surface area contributed by atoms with Crippen LogP contribution in [0.2, 0.25) is 5.02 Å². The summed E-state index contributed by atoms with van der Waals surface area (Å²) in [5.41, 5.74) is 0.587. The number of aromatic nitrogens is 3. The molecule has 0 radical (unpaired) electrons. The first-order chi connectivity index (χ1) is 16.4. The van der Waals surface area contributed by atoms with Crippen LogP contribution >= 0.6 is 11.6 Å². The fourth-order valence-corrected chi connectivity index (χ4v) is 3.63. The average molecular weight is 481 g/mol. The molecule has 1 aromatic carbocycles. The number of ether oxygens (including phenoxy) is 2. The highest BCUT2D eigenvalue weighted by atomic mass is 35.5. The average Bonchev–Trinajstić information content (AvgIpc) is 2.84. The number of nitrogens with zero attached hydrogens (tertiary/aromatic N) is 4. The van der Waals surface area contributed by atoms with Crippen molar-refractivity contribution in [2.45, 2.75) is 13.5 Å². The highest BCUT2D eigenvalue weighted by molar-refractivity contribution is 6.30. The first-order valence-electron chi connectivity index (χ1n) is 10.5. The molecule has 0 bridgehead atoms. The number of methoxy groups -OCH3 is 1. The summed E-state index contributed by atoms with van der Waals surface area (Å²) >= 11 is 5.93. The number of esters is 1. The minimum atomic E-state index is -0.712. The van der Waals surface area contributed by atoms with Gasteiger partial charge >= 0.3 is 5.97 Å². The van der Waals surface area contributed by atoms with Gasteiger partial charge in [-0.05, 0) is 49.4 Å². The van der Waals surface area contributed by atoms with Gasteiger partial charge in [0.25, 0.3) is 11.5 Å². The quantitative estimate of drug-likeness (QED) is 0.310. The Balaban J connectivity index is 2.10. The van der Waals surface area contributed by atoms with E-state index in [-0.39, 0.29) is 53.0 Å². The van der Waals surface area contributed by atoms with Gasteiger partial charge in [0.1, 0.15) is 16.9 Å². The van der Waals surface area contributed by atoms with E-state index < -0.39 is 11.9 Å². The van der Waals surface area contributed by atoms with E-state index in [4.69, 9.17) is 21.1 Å². The lowest BCUT2D eigenvalue weighted by molar-refractivity contribution is 0.0523. The number of amides is 1. The third-order valence-corrected chi connectivity index (χ3v) is 5.35. The summed E-state index contributed by atoms with van der Waals surface area (Å²) in [6.07, 6.45) is 1.59. The number of rotatable bonds is 6. The smallest absolute Gasteiger partial charge is 0.341 e. The Morgan fingerprint density at radius 3 is 2.62 bits per heavy atom. The van der Waals surface area contributed by atoms with Crippen molar-refractivity contribution in [3.63, 3.8) is 0 Å². The molecule has 10 heteroatoms. The molecule has 4 rings (SSSR count). The number of carbonyl (C=O) groups is 2. The van der Waals surface area contributed by atoms with E-state index in [0.29, 0.717) is 10.7 Å². The highest BCUT2D eigenvalue weighted by Gasteiger charge is 2.20. The molecule has 3 aromatic heterocycles. The Bertz CT molecular complexity index is 1520. The van der Waals surface area contributed by atoms with Crippen molar-refractivity contribution in [3.8, 4) is 0 Å². The summed E-state index contributed by atoms with van der Waals surface area (Å²) in [5.74, 6) is -1.30. The van der Waals surface area contributed by atoms with E-state index in [1.807, 2.05) is 0 Å². The molecule has 1 amide bonds. The van der Waals surface area contributed by atoms with Crippen molar-refractivity contribution in [3.05, 3.63) is 86.7 Å². The van der Waals surface area contributed by atoms with Gasteiger partial charge in [-0.15, -0.1) is 0 Å². The Morgan fingerprint density at radius 2 is 1.91 bits per heavy atom. The Labute approximate surface area is 198 Å². The summed E-state index contributed by atoms with van der Waals surface area (Å²) in [5, 5.41) is 0.655. The molecular formula is C24H21ClN4O5. The van der Waals surface area contributed by atoms with Crippen molar-refractivity contribution in [2.75, 3.05) is 20.3 Å². The summed E-state index contributed by atoms with van der Waals surface area (Å²) in [7, 11) is 1.52. The SMILES string of the molecule is CCOC(=O)c1cc2c(=O)n3ccccc3nc2n(CCOC)c1=NC(=O)c1ccc(Cl)cc1. The van der Waals surface area contributed by atoms with Gasteiger partial charge in [0, 0.05) is 30.4 Å². The minimum Gasteiger partial charge on any atom is -0.462 e. The number of benzene rings is 1. The lowest BCUT2D eigenvalue weighted by Gasteiger charge is -2.14. The molecule has 0 fully saturated rings. The lowest BCUT2D eigenvalue weighted by Crippen LogP contribution is -2.33. The number of fused-ring (bicyclic) bond motifs is 2. The molecule has 0 atom stereocenters. The van der Waals surface area contributed by atoms with Crippen molar-refractivity contribution in [1.29, 1.82) is 0 Å². The Morgan fingerprint density at radius 1 is 1.15 bits per heavy atom. The fraction of sp³-hybridized carbons (Fsp3) is 0.208. The number of halogens is 1. The second-order valence-electron chi connectivity index (χ2n) is 7.25. The van der Waals surface area contributed by atoms with Gasteiger partial charge in [-0.1, -0.05) is 17.7 Å². The first-order valence-corrected chi connectivity index (χ1v) is 10.9. The van der Waals surface area contributed by atoms with Crippen LogP contribution in [0.5, 0.6) is 0 Å². The van der Waals surface area contributed by atoms with Crippen LogP contribution in [0.4, 0.5) is 0 Å². The minimum absolute atomic E-state index is 0.0233. The van der Waals surface area contributed by atoms with E-state index in [9.17, 15) is 14.4 Å². The first kappa shape index (κ1) is 23.3. The molecule has 0 saturated carbocycles. The maximum atomic E-state index is 13.2. The molecule has 174 valence electrons. The van der Waals surface area contributed by atoms with Crippen LogP contribution in [0.3, 0.4) is 0 Å². The van der Waals surface area contributed by atoms with Crippen LogP contribution in [-0.2, 0) is 16.0 Å². The summed E-state index contributed by atoms with van der Waals surface area (Å²) in [6, 6.07) is 12.8. The zero-order valence-corrected chi connectivity index (χ0v) is 19.3. The van der Waals surface area contributed by atoms with Crippen molar-refractivity contribution in [2.24, 2.45) is 4.99 Å². The topological polar surface area (TPSA) is 104 Å². The van der Waals surface area contributed by atoms with E-state index in [0.717, 1.165) is 0 Å². The van der Waals surface area contributed by atoms with Crippen LogP contribution in [0.15, 0.2) is 64.5 Å². The number of carbonyl (C=O) groups excluding carboxylic acids is 2. The number of pyridine rings is 2. The second kappa shape index (κ2) is 9.98. The Kier molecular flexibility index (Phi) is 6.85. The van der Waals surface area contributed by atoms with Crippen molar-refractivity contribution in [1.82, 2.24) is 14.0 Å². The second-order valence-corrected chi connectivity index (χ2v) is 7.69. The number of hydrogen-bond donors (Lipinski definition) is 0. The molecule has 0 N–H and O–H groups in total. The molecule has 3 heterocycles. The monoisotopic (exact) mass is 480 g/mol. The Hall–Kier alpha value is -3.82. The molecule has 0 aliphatic carbocycles. The molecule has 4 aromatic rings. The van der Waals surface area contributed by atoms with E-state index in [2.05, 4.69) is 9.98 Å². The predicted molar refractivity (Wildman–Crippen MR) is 126 cm³/mol.